The Balaban J connectivity index is 1.97. The summed E-state index contributed by atoms with van der Waals surface area (Å²) in [7, 11) is 0. The molecule has 1 aromatic rings. The summed E-state index contributed by atoms with van der Waals surface area (Å²) in [4.78, 5) is 9.49. The molecule has 2 N–H and O–H groups in total. The molecule has 0 spiro atoms. The SMILES string of the molecule is CCN(CC)C1CCN(c2nc(CN)cs2)C1. The summed E-state index contributed by atoms with van der Waals surface area (Å²) in [5, 5.41) is 3.21. The number of likely N-dealkylation sites (N-methyl/N-ethyl adjacent to an activating group) is 1. The van der Waals surface area contributed by atoms with E-state index in [0.29, 0.717) is 12.6 Å². The fourth-order valence-electron chi connectivity index (χ4n) is 2.49. The summed E-state index contributed by atoms with van der Waals surface area (Å²) in [6.07, 6.45) is 1.25. The summed E-state index contributed by atoms with van der Waals surface area (Å²) in [5.74, 6) is 0. The van der Waals surface area contributed by atoms with Crippen molar-refractivity contribution in [1.82, 2.24) is 9.88 Å². The van der Waals surface area contributed by atoms with E-state index in [0.717, 1.165) is 37.0 Å². The topological polar surface area (TPSA) is 45.4 Å². The molecule has 1 unspecified atom stereocenters. The standard InChI is InChI=1S/C12H22N4S/c1-3-15(4-2)11-5-6-16(8-11)12-14-10(7-13)9-17-12/h9,11H,3-8,13H2,1-2H3. The van der Waals surface area contributed by atoms with Crippen molar-refractivity contribution in [1.29, 1.82) is 0 Å². The van der Waals surface area contributed by atoms with Crippen LogP contribution in [0.2, 0.25) is 0 Å². The van der Waals surface area contributed by atoms with Gasteiger partial charge in [0, 0.05) is 31.1 Å². The summed E-state index contributed by atoms with van der Waals surface area (Å²) >= 11 is 1.72. The highest BCUT2D eigenvalue weighted by Crippen LogP contribution is 2.26. The maximum Gasteiger partial charge on any atom is 0.185 e. The molecular formula is C12H22N4S. The lowest BCUT2D eigenvalue weighted by atomic mass is 10.2. The van der Waals surface area contributed by atoms with Crippen LogP contribution in [-0.2, 0) is 6.54 Å². The van der Waals surface area contributed by atoms with E-state index < -0.39 is 0 Å². The van der Waals surface area contributed by atoms with Crippen molar-refractivity contribution in [2.24, 2.45) is 5.73 Å². The van der Waals surface area contributed by atoms with Crippen LogP contribution < -0.4 is 10.6 Å². The normalized spacial score (nSPS) is 20.5. The van der Waals surface area contributed by atoms with Crippen LogP contribution in [0.25, 0.3) is 0 Å². The quantitative estimate of drug-likeness (QED) is 0.865. The van der Waals surface area contributed by atoms with Crippen LogP contribution in [-0.4, -0.2) is 42.1 Å². The van der Waals surface area contributed by atoms with Crippen LogP contribution in [0.3, 0.4) is 0 Å². The molecule has 0 amide bonds. The zero-order valence-electron chi connectivity index (χ0n) is 10.7. The van der Waals surface area contributed by atoms with Crippen LogP contribution >= 0.6 is 11.3 Å². The number of anilines is 1. The first-order valence-corrected chi connectivity index (χ1v) is 7.29. The van der Waals surface area contributed by atoms with E-state index in [9.17, 15) is 0 Å². The number of nitrogens with two attached hydrogens (primary N) is 1. The summed E-state index contributed by atoms with van der Waals surface area (Å²) in [5.41, 5.74) is 6.61. The van der Waals surface area contributed by atoms with Crippen molar-refractivity contribution in [2.45, 2.75) is 32.9 Å². The lowest BCUT2D eigenvalue weighted by Gasteiger charge is -2.25. The molecule has 2 heterocycles. The van der Waals surface area contributed by atoms with Crippen molar-refractivity contribution in [3.63, 3.8) is 0 Å². The fraction of sp³-hybridized carbons (Fsp3) is 0.750. The van der Waals surface area contributed by atoms with E-state index in [1.165, 1.54) is 6.42 Å². The van der Waals surface area contributed by atoms with Gasteiger partial charge in [-0.3, -0.25) is 4.90 Å². The molecule has 0 bridgehead atoms. The van der Waals surface area contributed by atoms with Crippen molar-refractivity contribution < 1.29 is 0 Å². The monoisotopic (exact) mass is 254 g/mol. The lowest BCUT2D eigenvalue weighted by Crippen LogP contribution is -2.37. The molecule has 5 heteroatoms. The first kappa shape index (κ1) is 12.8. The van der Waals surface area contributed by atoms with Gasteiger partial charge in [0.15, 0.2) is 5.13 Å². The minimum Gasteiger partial charge on any atom is -0.346 e. The van der Waals surface area contributed by atoms with E-state index in [4.69, 9.17) is 5.73 Å². The highest BCUT2D eigenvalue weighted by atomic mass is 32.1. The smallest absolute Gasteiger partial charge is 0.185 e. The molecular weight excluding hydrogens is 232 g/mol. The summed E-state index contributed by atoms with van der Waals surface area (Å²) in [6.45, 7) is 9.54. The predicted octanol–water partition coefficient (Wildman–Crippen LogP) is 1.52. The van der Waals surface area contributed by atoms with Gasteiger partial charge >= 0.3 is 0 Å². The summed E-state index contributed by atoms with van der Waals surface area (Å²) in [6, 6.07) is 0.690. The Bertz CT molecular complexity index is 348. The molecule has 1 aliphatic rings. The third-order valence-electron chi connectivity index (χ3n) is 3.51. The number of hydrogen-bond donors (Lipinski definition) is 1. The van der Waals surface area contributed by atoms with Crippen LogP contribution in [0.1, 0.15) is 26.0 Å². The Labute approximate surface area is 107 Å². The molecule has 0 radical (unpaired) electrons. The van der Waals surface area contributed by atoms with Gasteiger partial charge in [0.1, 0.15) is 0 Å². The van der Waals surface area contributed by atoms with Gasteiger partial charge in [-0.05, 0) is 19.5 Å². The van der Waals surface area contributed by atoms with E-state index in [2.05, 4.69) is 34.0 Å². The van der Waals surface area contributed by atoms with Gasteiger partial charge in [-0.25, -0.2) is 4.98 Å². The Morgan fingerprint density at radius 1 is 1.53 bits per heavy atom. The van der Waals surface area contributed by atoms with Crippen molar-refractivity contribution >= 4 is 16.5 Å². The van der Waals surface area contributed by atoms with Gasteiger partial charge in [-0.15, -0.1) is 11.3 Å². The van der Waals surface area contributed by atoms with Crippen molar-refractivity contribution in [2.75, 3.05) is 31.1 Å². The van der Waals surface area contributed by atoms with E-state index in [1.54, 1.807) is 11.3 Å². The van der Waals surface area contributed by atoms with Crippen LogP contribution in [0.5, 0.6) is 0 Å². The third kappa shape index (κ3) is 2.78. The number of aromatic nitrogens is 1. The lowest BCUT2D eigenvalue weighted by molar-refractivity contribution is 0.232. The molecule has 1 atom stereocenters. The average Bonchev–Trinajstić information content (AvgIpc) is 2.98. The van der Waals surface area contributed by atoms with Gasteiger partial charge in [-0.1, -0.05) is 13.8 Å². The highest BCUT2D eigenvalue weighted by molar-refractivity contribution is 7.13. The second-order valence-corrected chi connectivity index (χ2v) is 5.27. The van der Waals surface area contributed by atoms with Gasteiger partial charge in [0.2, 0.25) is 0 Å². The average molecular weight is 254 g/mol. The van der Waals surface area contributed by atoms with Crippen LogP contribution in [0.4, 0.5) is 5.13 Å². The van der Waals surface area contributed by atoms with Crippen LogP contribution in [0.15, 0.2) is 5.38 Å². The predicted molar refractivity (Wildman–Crippen MR) is 73.5 cm³/mol. The molecule has 1 aliphatic heterocycles. The van der Waals surface area contributed by atoms with E-state index in [1.807, 2.05) is 0 Å². The minimum atomic E-state index is 0.545. The molecule has 0 aliphatic carbocycles. The molecule has 2 rings (SSSR count). The molecule has 4 nitrogen and oxygen atoms in total. The Kier molecular flexibility index (Phi) is 4.36. The molecule has 96 valence electrons. The third-order valence-corrected chi connectivity index (χ3v) is 4.46. The minimum absolute atomic E-state index is 0.545. The fourth-order valence-corrected chi connectivity index (χ4v) is 3.36. The molecule has 0 saturated carbocycles. The molecule has 1 saturated heterocycles. The maximum atomic E-state index is 5.60. The molecule has 17 heavy (non-hydrogen) atoms. The summed E-state index contributed by atoms with van der Waals surface area (Å²) < 4.78 is 0. The zero-order chi connectivity index (χ0) is 12.3. The van der Waals surface area contributed by atoms with Crippen molar-refractivity contribution in [3.8, 4) is 0 Å². The second kappa shape index (κ2) is 5.80. The first-order valence-electron chi connectivity index (χ1n) is 6.41. The largest absolute Gasteiger partial charge is 0.346 e. The van der Waals surface area contributed by atoms with Crippen LogP contribution in [0, 0.1) is 0 Å². The zero-order valence-corrected chi connectivity index (χ0v) is 11.5. The second-order valence-electron chi connectivity index (χ2n) is 4.44. The van der Waals surface area contributed by atoms with Gasteiger partial charge in [0.25, 0.3) is 0 Å². The molecule has 1 aromatic heterocycles. The first-order chi connectivity index (χ1) is 8.28. The molecule has 0 aromatic carbocycles. The van der Waals surface area contributed by atoms with Gasteiger partial charge in [0.05, 0.1) is 5.69 Å². The van der Waals surface area contributed by atoms with Crippen molar-refractivity contribution in [3.05, 3.63) is 11.1 Å². The number of hydrogen-bond acceptors (Lipinski definition) is 5. The van der Waals surface area contributed by atoms with E-state index in [-0.39, 0.29) is 0 Å². The number of rotatable bonds is 5. The maximum absolute atomic E-state index is 5.60. The van der Waals surface area contributed by atoms with E-state index >= 15 is 0 Å². The Hall–Kier alpha value is -0.650. The Morgan fingerprint density at radius 3 is 2.88 bits per heavy atom. The van der Waals surface area contributed by atoms with Gasteiger partial charge < -0.3 is 10.6 Å². The number of thiazole rings is 1. The number of nitrogens with zero attached hydrogens (tertiary/aromatic N) is 3. The Morgan fingerprint density at radius 2 is 2.29 bits per heavy atom. The highest BCUT2D eigenvalue weighted by Gasteiger charge is 2.27. The van der Waals surface area contributed by atoms with Gasteiger partial charge in [-0.2, -0.15) is 0 Å². The molecule has 1 fully saturated rings.